The van der Waals surface area contributed by atoms with Crippen LogP contribution < -0.4 is 15.0 Å². The molecule has 1 N–H and O–H groups in total. The second-order valence-electron chi connectivity index (χ2n) is 7.61. The van der Waals surface area contributed by atoms with E-state index in [4.69, 9.17) is 4.74 Å². The lowest BCUT2D eigenvalue weighted by Crippen LogP contribution is -2.38. The molecule has 4 rings (SSSR count). The Labute approximate surface area is 180 Å². The maximum atomic E-state index is 13.2. The highest BCUT2D eigenvalue weighted by molar-refractivity contribution is 5.99. The number of ether oxygens (including phenoxy) is 1. The number of nitrogens with one attached hydrogen (secondary N) is 1. The molecule has 0 unspecified atom stereocenters. The van der Waals surface area contributed by atoms with E-state index >= 15 is 0 Å². The summed E-state index contributed by atoms with van der Waals surface area (Å²) in [5.74, 6) is -0.0550. The molecular weight excluding hydrogens is 395 g/mol. The first-order chi connectivity index (χ1) is 15.0. The molecule has 5 nitrogen and oxygen atoms in total. The van der Waals surface area contributed by atoms with Gasteiger partial charge in [0.05, 0.1) is 12.2 Å². The van der Waals surface area contributed by atoms with Gasteiger partial charge in [0.2, 0.25) is 5.91 Å². The van der Waals surface area contributed by atoms with Crippen LogP contribution in [0.3, 0.4) is 0 Å². The van der Waals surface area contributed by atoms with Crippen LogP contribution in [0.4, 0.5) is 15.8 Å². The minimum absolute atomic E-state index is 0.0843. The summed E-state index contributed by atoms with van der Waals surface area (Å²) >= 11 is 0. The molecular formula is C25H23FN2O3. The Kier molecular flexibility index (Phi) is 5.98. The molecule has 0 aliphatic carbocycles. The van der Waals surface area contributed by atoms with Crippen LogP contribution in [0.25, 0.3) is 0 Å². The Morgan fingerprint density at radius 2 is 1.74 bits per heavy atom. The predicted octanol–water partition coefficient (Wildman–Crippen LogP) is 4.63. The first-order valence-electron chi connectivity index (χ1n) is 10.1. The Bertz CT molecular complexity index is 1090. The van der Waals surface area contributed by atoms with Crippen LogP contribution in [0.2, 0.25) is 0 Å². The Morgan fingerprint density at radius 3 is 2.48 bits per heavy atom. The lowest BCUT2D eigenvalue weighted by molar-refractivity contribution is -0.121. The molecule has 0 saturated heterocycles. The van der Waals surface area contributed by atoms with Gasteiger partial charge >= 0.3 is 0 Å². The second kappa shape index (κ2) is 9.00. The third-order valence-electron chi connectivity index (χ3n) is 5.20. The van der Waals surface area contributed by atoms with Crippen molar-refractivity contribution in [2.45, 2.75) is 26.3 Å². The van der Waals surface area contributed by atoms with E-state index < -0.39 is 0 Å². The topological polar surface area (TPSA) is 58.6 Å². The monoisotopic (exact) mass is 418 g/mol. The SMILES string of the molecule is Cc1ccc(CCC(=O)Nc2ccc3c(c2)OCC(=O)N3Cc2ccc(F)cc2)cc1. The van der Waals surface area contributed by atoms with E-state index in [2.05, 4.69) is 5.32 Å². The van der Waals surface area contributed by atoms with Crippen molar-refractivity contribution in [1.29, 1.82) is 0 Å². The van der Waals surface area contributed by atoms with Gasteiger partial charge in [-0.2, -0.15) is 0 Å². The molecule has 1 aliphatic heterocycles. The van der Waals surface area contributed by atoms with Crippen molar-refractivity contribution in [2.24, 2.45) is 0 Å². The van der Waals surface area contributed by atoms with E-state index in [1.54, 1.807) is 35.2 Å². The van der Waals surface area contributed by atoms with Crippen LogP contribution in [0.15, 0.2) is 66.7 Å². The highest BCUT2D eigenvalue weighted by Gasteiger charge is 2.26. The van der Waals surface area contributed by atoms with E-state index in [-0.39, 0.29) is 24.2 Å². The van der Waals surface area contributed by atoms with E-state index in [9.17, 15) is 14.0 Å². The van der Waals surface area contributed by atoms with Gasteiger partial charge in [0.15, 0.2) is 6.61 Å². The van der Waals surface area contributed by atoms with Crippen molar-refractivity contribution in [3.8, 4) is 5.75 Å². The summed E-state index contributed by atoms with van der Waals surface area (Å²) in [7, 11) is 0. The molecule has 2 amide bonds. The van der Waals surface area contributed by atoms with Crippen LogP contribution in [-0.2, 0) is 22.6 Å². The summed E-state index contributed by atoms with van der Waals surface area (Å²) in [6.07, 6.45) is 1.03. The van der Waals surface area contributed by atoms with Crippen LogP contribution in [0.1, 0.15) is 23.1 Å². The lowest BCUT2D eigenvalue weighted by Gasteiger charge is -2.29. The van der Waals surface area contributed by atoms with Crippen molar-refractivity contribution in [3.05, 3.63) is 89.2 Å². The van der Waals surface area contributed by atoms with Gasteiger partial charge in [-0.05, 0) is 48.7 Å². The number of hydrogen-bond acceptors (Lipinski definition) is 3. The molecule has 0 saturated carbocycles. The van der Waals surface area contributed by atoms with Crippen LogP contribution in [0, 0.1) is 12.7 Å². The number of fused-ring (bicyclic) bond motifs is 1. The summed E-state index contributed by atoms with van der Waals surface area (Å²) < 4.78 is 18.7. The zero-order chi connectivity index (χ0) is 21.8. The lowest BCUT2D eigenvalue weighted by atomic mass is 10.1. The predicted molar refractivity (Wildman–Crippen MR) is 118 cm³/mol. The van der Waals surface area contributed by atoms with E-state index in [0.29, 0.717) is 36.5 Å². The third-order valence-corrected chi connectivity index (χ3v) is 5.20. The van der Waals surface area contributed by atoms with Crippen LogP contribution >= 0.6 is 0 Å². The van der Waals surface area contributed by atoms with E-state index in [0.717, 1.165) is 11.1 Å². The van der Waals surface area contributed by atoms with Gasteiger partial charge in [-0.1, -0.05) is 42.0 Å². The summed E-state index contributed by atoms with van der Waals surface area (Å²) in [5.41, 5.74) is 4.36. The van der Waals surface area contributed by atoms with Gasteiger partial charge in [-0.3, -0.25) is 9.59 Å². The minimum Gasteiger partial charge on any atom is -0.481 e. The third kappa shape index (κ3) is 5.09. The number of rotatable bonds is 6. The van der Waals surface area contributed by atoms with Gasteiger partial charge in [0, 0.05) is 18.2 Å². The number of hydrogen-bond donors (Lipinski definition) is 1. The van der Waals surface area contributed by atoms with E-state index in [1.165, 1.54) is 17.7 Å². The Morgan fingerprint density at radius 1 is 1.03 bits per heavy atom. The van der Waals surface area contributed by atoms with Crippen molar-refractivity contribution < 1.29 is 18.7 Å². The number of amides is 2. The van der Waals surface area contributed by atoms with Gasteiger partial charge < -0.3 is 15.0 Å². The fourth-order valence-electron chi connectivity index (χ4n) is 3.46. The average Bonchev–Trinajstić information content (AvgIpc) is 2.77. The fourth-order valence-corrected chi connectivity index (χ4v) is 3.46. The molecule has 1 aliphatic rings. The number of carbonyl (C=O) groups is 2. The van der Waals surface area contributed by atoms with Gasteiger partial charge in [0.25, 0.3) is 5.91 Å². The Hall–Kier alpha value is -3.67. The number of anilines is 2. The van der Waals surface area contributed by atoms with E-state index in [1.807, 2.05) is 31.2 Å². The van der Waals surface area contributed by atoms with Gasteiger partial charge in [-0.25, -0.2) is 4.39 Å². The molecule has 0 fully saturated rings. The molecule has 0 spiro atoms. The second-order valence-corrected chi connectivity index (χ2v) is 7.61. The minimum atomic E-state index is -0.319. The Balaban J connectivity index is 1.42. The van der Waals surface area contributed by atoms with Gasteiger partial charge in [0.1, 0.15) is 11.6 Å². The molecule has 0 bridgehead atoms. The van der Waals surface area contributed by atoms with Crippen molar-refractivity contribution in [3.63, 3.8) is 0 Å². The summed E-state index contributed by atoms with van der Waals surface area (Å²) in [5, 5.41) is 2.89. The highest BCUT2D eigenvalue weighted by atomic mass is 19.1. The molecule has 0 aromatic heterocycles. The van der Waals surface area contributed by atoms with Crippen LogP contribution in [0.5, 0.6) is 5.75 Å². The maximum absolute atomic E-state index is 13.2. The zero-order valence-electron chi connectivity index (χ0n) is 17.2. The molecule has 6 heteroatoms. The van der Waals surface area contributed by atoms with Crippen molar-refractivity contribution in [1.82, 2.24) is 0 Å². The smallest absolute Gasteiger partial charge is 0.265 e. The molecule has 1 heterocycles. The maximum Gasteiger partial charge on any atom is 0.265 e. The fraction of sp³-hybridized carbons (Fsp3) is 0.200. The van der Waals surface area contributed by atoms with Crippen LogP contribution in [-0.4, -0.2) is 18.4 Å². The largest absolute Gasteiger partial charge is 0.481 e. The summed E-state index contributed by atoms with van der Waals surface area (Å²) in [6, 6.07) is 19.4. The van der Waals surface area contributed by atoms with Crippen molar-refractivity contribution in [2.75, 3.05) is 16.8 Å². The summed E-state index contributed by atoms with van der Waals surface area (Å²) in [6.45, 7) is 2.26. The number of aryl methyl sites for hydroxylation is 2. The average molecular weight is 418 g/mol. The molecule has 31 heavy (non-hydrogen) atoms. The zero-order valence-corrected chi connectivity index (χ0v) is 17.2. The molecule has 0 radical (unpaired) electrons. The molecule has 3 aromatic rings. The molecule has 0 atom stereocenters. The number of carbonyl (C=O) groups excluding carboxylic acids is 2. The first kappa shape index (κ1) is 20.6. The number of halogens is 1. The first-order valence-corrected chi connectivity index (χ1v) is 10.1. The summed E-state index contributed by atoms with van der Waals surface area (Å²) in [4.78, 5) is 26.4. The normalized spacial score (nSPS) is 12.8. The highest BCUT2D eigenvalue weighted by Crippen LogP contribution is 2.35. The quantitative estimate of drug-likeness (QED) is 0.635. The molecule has 3 aromatic carbocycles. The standard InChI is InChI=1S/C25H23FN2O3/c1-17-2-4-18(5-3-17)8-13-24(29)27-21-11-12-22-23(14-21)31-16-25(30)28(22)15-19-6-9-20(26)10-7-19/h2-7,9-12,14H,8,13,15-16H2,1H3,(H,27,29). The molecule has 158 valence electrons. The van der Waals surface area contributed by atoms with Crippen molar-refractivity contribution >= 4 is 23.2 Å². The number of nitrogens with zero attached hydrogens (tertiary/aromatic N) is 1. The number of benzene rings is 3. The van der Waals surface area contributed by atoms with Gasteiger partial charge in [-0.15, -0.1) is 0 Å².